The van der Waals surface area contributed by atoms with Gasteiger partial charge in [-0.05, 0) is 19.1 Å². The lowest BCUT2D eigenvalue weighted by Gasteiger charge is -2.26. The molecule has 1 N–H and O–H groups in total. The largest absolute Gasteiger partial charge is 0.389 e. The molecule has 1 aromatic rings. The highest BCUT2D eigenvalue weighted by atomic mass is 35.5. The van der Waals surface area contributed by atoms with Crippen molar-refractivity contribution in [2.75, 3.05) is 6.54 Å². The molecule has 1 unspecified atom stereocenters. The molecule has 1 rings (SSSR count). The molecule has 0 aliphatic heterocycles. The zero-order valence-corrected chi connectivity index (χ0v) is 15.4. The number of Topliss-reactive ketones (excluding diaryl/α,β-unsaturated/α-hetero) is 1. The fraction of sp³-hybridized carbons (Fsp3) is 0.471. The Kier molecular flexibility index (Phi) is 9.07. The van der Waals surface area contributed by atoms with Crippen molar-refractivity contribution in [2.24, 2.45) is 4.99 Å². The van der Waals surface area contributed by atoms with E-state index in [0.717, 1.165) is 0 Å². The SMILES string of the molecule is CCN(C(=O)CCC(=O)CCC(F)(F)F)C(C=Nc1cccnc1)C(=N)Cl. The van der Waals surface area contributed by atoms with Gasteiger partial charge in [0.15, 0.2) is 0 Å². The summed E-state index contributed by atoms with van der Waals surface area (Å²) in [6.45, 7) is 1.85. The maximum atomic E-state index is 12.4. The fourth-order valence-corrected chi connectivity index (χ4v) is 2.37. The second-order valence-electron chi connectivity index (χ2n) is 5.62. The zero-order valence-electron chi connectivity index (χ0n) is 14.7. The molecule has 148 valence electrons. The van der Waals surface area contributed by atoms with Crippen LogP contribution in [-0.4, -0.2) is 51.7 Å². The Hall–Kier alpha value is -2.29. The summed E-state index contributed by atoms with van der Waals surface area (Å²) in [7, 11) is 0. The van der Waals surface area contributed by atoms with Crippen LogP contribution in [0.1, 0.15) is 32.6 Å². The quantitative estimate of drug-likeness (QED) is 0.600. The summed E-state index contributed by atoms with van der Waals surface area (Å²) in [6, 6.07) is 2.41. The lowest BCUT2D eigenvalue weighted by Crippen LogP contribution is -2.44. The third kappa shape index (κ3) is 8.76. The first-order valence-electron chi connectivity index (χ1n) is 8.20. The van der Waals surface area contributed by atoms with Crippen molar-refractivity contribution in [3.63, 3.8) is 0 Å². The van der Waals surface area contributed by atoms with Gasteiger partial charge < -0.3 is 4.90 Å². The molecule has 27 heavy (non-hydrogen) atoms. The van der Waals surface area contributed by atoms with Crippen LogP contribution in [0, 0.1) is 5.41 Å². The third-order valence-electron chi connectivity index (χ3n) is 3.57. The number of nitrogens with zero attached hydrogens (tertiary/aromatic N) is 3. The van der Waals surface area contributed by atoms with Crippen LogP contribution in [0.15, 0.2) is 29.5 Å². The molecule has 1 heterocycles. The highest BCUT2D eigenvalue weighted by Crippen LogP contribution is 2.22. The molecule has 1 aromatic heterocycles. The van der Waals surface area contributed by atoms with Crippen molar-refractivity contribution in [2.45, 2.75) is 44.8 Å². The average molecular weight is 405 g/mol. The Bertz CT molecular complexity index is 681. The molecule has 0 fully saturated rings. The number of pyridine rings is 1. The van der Waals surface area contributed by atoms with Gasteiger partial charge in [0.1, 0.15) is 17.0 Å². The molecule has 6 nitrogen and oxygen atoms in total. The van der Waals surface area contributed by atoms with Crippen LogP contribution < -0.4 is 0 Å². The number of amides is 1. The predicted octanol–water partition coefficient (Wildman–Crippen LogP) is 3.91. The summed E-state index contributed by atoms with van der Waals surface area (Å²) >= 11 is 5.78. The van der Waals surface area contributed by atoms with Crippen molar-refractivity contribution in [1.82, 2.24) is 9.88 Å². The van der Waals surface area contributed by atoms with Crippen LogP contribution in [0.3, 0.4) is 0 Å². The molecule has 0 aliphatic rings. The van der Waals surface area contributed by atoms with Crippen molar-refractivity contribution in [3.8, 4) is 0 Å². The van der Waals surface area contributed by atoms with Crippen LogP contribution in [0.4, 0.5) is 18.9 Å². The minimum atomic E-state index is -4.41. The fourth-order valence-electron chi connectivity index (χ4n) is 2.19. The second kappa shape index (κ2) is 10.8. The predicted molar refractivity (Wildman–Crippen MR) is 96.7 cm³/mol. The van der Waals surface area contributed by atoms with Crippen LogP contribution in [0.5, 0.6) is 0 Å². The molecule has 0 spiro atoms. The number of alkyl halides is 3. The Morgan fingerprint density at radius 2 is 2.07 bits per heavy atom. The summed E-state index contributed by atoms with van der Waals surface area (Å²) in [5.41, 5.74) is 0.506. The average Bonchev–Trinajstić information content (AvgIpc) is 2.61. The molecule has 0 bridgehead atoms. The molecular formula is C17H20ClF3N4O2. The first-order valence-corrected chi connectivity index (χ1v) is 8.58. The number of aliphatic imine (C=N–C) groups is 1. The molecule has 0 radical (unpaired) electrons. The zero-order chi connectivity index (χ0) is 20.4. The van der Waals surface area contributed by atoms with Crippen LogP contribution in [-0.2, 0) is 9.59 Å². The van der Waals surface area contributed by atoms with Crippen LogP contribution in [0.2, 0.25) is 0 Å². The number of aromatic nitrogens is 1. The van der Waals surface area contributed by atoms with Gasteiger partial charge in [0.05, 0.1) is 18.3 Å². The monoisotopic (exact) mass is 404 g/mol. The Morgan fingerprint density at radius 1 is 1.37 bits per heavy atom. The number of ketones is 1. The number of hydrogen-bond acceptors (Lipinski definition) is 5. The van der Waals surface area contributed by atoms with Gasteiger partial charge in [0, 0.05) is 38.2 Å². The molecule has 1 atom stereocenters. The summed E-state index contributed by atoms with van der Waals surface area (Å²) < 4.78 is 36.4. The molecule has 0 saturated carbocycles. The number of hydrogen-bond donors (Lipinski definition) is 1. The van der Waals surface area contributed by atoms with E-state index in [2.05, 4.69) is 9.98 Å². The molecular weight excluding hydrogens is 385 g/mol. The van der Waals surface area contributed by atoms with Crippen LogP contribution in [0.25, 0.3) is 0 Å². The summed E-state index contributed by atoms with van der Waals surface area (Å²) in [6.07, 6.45) is -2.44. The normalized spacial score (nSPS) is 12.8. The topological polar surface area (TPSA) is 86.5 Å². The Labute approximate surface area is 159 Å². The number of carbonyl (C=O) groups is 2. The minimum Gasteiger partial charge on any atom is -0.328 e. The first kappa shape index (κ1) is 22.8. The Balaban J connectivity index is 2.71. The van der Waals surface area contributed by atoms with Gasteiger partial charge in [0.25, 0.3) is 0 Å². The number of carbonyl (C=O) groups excluding carboxylic acids is 2. The highest BCUT2D eigenvalue weighted by Gasteiger charge is 2.28. The summed E-state index contributed by atoms with van der Waals surface area (Å²) in [4.78, 5) is 33.2. The number of rotatable bonds is 10. The molecule has 0 aliphatic carbocycles. The standard InChI is InChI=1S/C17H20ClF3N4O2/c1-2-25(15(27)6-5-13(26)7-8-17(19,20)21)14(16(18)22)11-24-12-4-3-9-23-10-12/h3-4,9-11,14,22H,2,5-8H2,1H3. The highest BCUT2D eigenvalue weighted by molar-refractivity contribution is 6.67. The van der Waals surface area contributed by atoms with Crippen molar-refractivity contribution in [1.29, 1.82) is 5.41 Å². The summed E-state index contributed by atoms with van der Waals surface area (Å²) in [5, 5.41) is 7.32. The van der Waals surface area contributed by atoms with Gasteiger partial charge in [-0.15, -0.1) is 0 Å². The van der Waals surface area contributed by atoms with Gasteiger partial charge in [-0.1, -0.05) is 11.6 Å². The van der Waals surface area contributed by atoms with E-state index in [1.54, 1.807) is 25.3 Å². The molecule has 1 amide bonds. The van der Waals surface area contributed by atoms with E-state index in [4.69, 9.17) is 17.0 Å². The van der Waals surface area contributed by atoms with Gasteiger partial charge in [-0.2, -0.15) is 13.2 Å². The van der Waals surface area contributed by atoms with Crippen molar-refractivity contribution < 1.29 is 22.8 Å². The van der Waals surface area contributed by atoms with Crippen LogP contribution >= 0.6 is 11.6 Å². The lowest BCUT2D eigenvalue weighted by atomic mass is 10.1. The van der Waals surface area contributed by atoms with E-state index >= 15 is 0 Å². The first-order chi connectivity index (χ1) is 12.6. The lowest BCUT2D eigenvalue weighted by molar-refractivity contribution is -0.143. The molecule has 0 saturated heterocycles. The van der Waals surface area contributed by atoms with Gasteiger partial charge in [0.2, 0.25) is 5.91 Å². The van der Waals surface area contributed by atoms with Crippen molar-refractivity contribution >= 4 is 40.4 Å². The molecule has 0 aromatic carbocycles. The second-order valence-corrected chi connectivity index (χ2v) is 6.02. The van der Waals surface area contributed by atoms with E-state index in [9.17, 15) is 22.8 Å². The maximum absolute atomic E-state index is 12.4. The van der Waals surface area contributed by atoms with E-state index in [1.165, 1.54) is 17.3 Å². The van der Waals surface area contributed by atoms with Crippen molar-refractivity contribution in [3.05, 3.63) is 24.5 Å². The summed E-state index contributed by atoms with van der Waals surface area (Å²) in [5.74, 6) is -1.14. The Morgan fingerprint density at radius 3 is 2.59 bits per heavy atom. The van der Waals surface area contributed by atoms with Gasteiger partial charge >= 0.3 is 6.18 Å². The number of nitrogens with one attached hydrogen (secondary N) is 1. The van der Waals surface area contributed by atoms with E-state index in [0.29, 0.717) is 5.69 Å². The minimum absolute atomic E-state index is 0.189. The van der Waals surface area contributed by atoms with E-state index in [1.807, 2.05) is 0 Å². The third-order valence-corrected chi connectivity index (χ3v) is 3.80. The van der Waals surface area contributed by atoms with Gasteiger partial charge in [-0.25, -0.2) is 0 Å². The van der Waals surface area contributed by atoms with Gasteiger partial charge in [-0.3, -0.25) is 25.0 Å². The van der Waals surface area contributed by atoms with E-state index in [-0.39, 0.29) is 24.6 Å². The smallest absolute Gasteiger partial charge is 0.328 e. The molecule has 10 heteroatoms. The number of halogens is 4. The van der Waals surface area contributed by atoms with E-state index < -0.39 is 36.8 Å². The maximum Gasteiger partial charge on any atom is 0.389 e.